The summed E-state index contributed by atoms with van der Waals surface area (Å²) >= 11 is 0. The zero-order chi connectivity index (χ0) is 16.3. The number of ether oxygens (including phenoxy) is 1. The first-order valence-electron chi connectivity index (χ1n) is 7.26. The number of hydrogen-bond acceptors (Lipinski definition) is 5. The molecule has 0 spiro atoms. The summed E-state index contributed by atoms with van der Waals surface area (Å²) in [6.45, 7) is 8.35. The van der Waals surface area contributed by atoms with Crippen molar-refractivity contribution in [3.63, 3.8) is 0 Å². The van der Waals surface area contributed by atoms with Gasteiger partial charge in [-0.1, -0.05) is 0 Å². The van der Waals surface area contributed by atoms with E-state index in [1.807, 2.05) is 20.8 Å². The molecule has 1 saturated heterocycles. The lowest BCUT2D eigenvalue weighted by atomic mass is 10.2. The minimum Gasteiger partial charge on any atom is -0.478 e. The van der Waals surface area contributed by atoms with E-state index in [0.717, 1.165) is 0 Å². The van der Waals surface area contributed by atoms with Crippen LogP contribution in [0.5, 0.6) is 0 Å². The van der Waals surface area contributed by atoms with E-state index in [0.29, 0.717) is 38.5 Å². The number of amides is 1. The Balaban J connectivity index is 1.86. The first kappa shape index (κ1) is 16.4. The molecule has 0 saturated carbocycles. The van der Waals surface area contributed by atoms with E-state index in [1.54, 1.807) is 4.90 Å². The molecule has 0 unspecified atom stereocenters. The highest BCUT2D eigenvalue weighted by Crippen LogP contribution is 2.16. The molecule has 1 N–H and O–H groups in total. The number of aromatic carboxylic acids is 1. The highest BCUT2D eigenvalue weighted by Gasteiger charge is 2.26. The molecule has 1 aliphatic heterocycles. The molecule has 2 heterocycles. The van der Waals surface area contributed by atoms with Crippen molar-refractivity contribution < 1.29 is 23.8 Å². The molecule has 7 heteroatoms. The van der Waals surface area contributed by atoms with Gasteiger partial charge < -0.3 is 19.2 Å². The van der Waals surface area contributed by atoms with Crippen LogP contribution >= 0.6 is 0 Å². The Morgan fingerprint density at radius 2 is 1.91 bits per heavy atom. The Labute approximate surface area is 129 Å². The highest BCUT2D eigenvalue weighted by atomic mass is 16.6. The van der Waals surface area contributed by atoms with Crippen molar-refractivity contribution in [3.8, 4) is 0 Å². The van der Waals surface area contributed by atoms with Crippen LogP contribution in [-0.2, 0) is 11.3 Å². The molecule has 1 aromatic rings. The van der Waals surface area contributed by atoms with Crippen LogP contribution in [0.2, 0.25) is 0 Å². The highest BCUT2D eigenvalue weighted by molar-refractivity contribution is 5.88. The summed E-state index contributed by atoms with van der Waals surface area (Å²) in [5.41, 5.74) is -0.312. The monoisotopic (exact) mass is 310 g/mol. The molecule has 22 heavy (non-hydrogen) atoms. The summed E-state index contributed by atoms with van der Waals surface area (Å²) in [6, 6.07) is 1.45. The molecular formula is C15H22N2O5. The van der Waals surface area contributed by atoms with Gasteiger partial charge in [0.2, 0.25) is 0 Å². The average molecular weight is 310 g/mol. The van der Waals surface area contributed by atoms with Gasteiger partial charge in [0.05, 0.1) is 12.8 Å². The van der Waals surface area contributed by atoms with E-state index in [1.165, 1.54) is 12.3 Å². The fourth-order valence-electron chi connectivity index (χ4n) is 2.27. The maximum Gasteiger partial charge on any atom is 0.410 e. The Kier molecular flexibility index (Phi) is 4.75. The summed E-state index contributed by atoms with van der Waals surface area (Å²) < 4.78 is 10.6. The van der Waals surface area contributed by atoms with E-state index in [-0.39, 0.29) is 11.7 Å². The summed E-state index contributed by atoms with van der Waals surface area (Å²) in [5, 5.41) is 9.06. The fourth-order valence-corrected chi connectivity index (χ4v) is 2.27. The van der Waals surface area contributed by atoms with E-state index in [2.05, 4.69) is 4.90 Å². The number of piperazine rings is 1. The molecule has 0 aliphatic carbocycles. The molecule has 0 bridgehead atoms. The zero-order valence-corrected chi connectivity index (χ0v) is 13.2. The standard InChI is InChI=1S/C15H22N2O5/c1-15(2,3)22-14(20)17-7-5-16(6-8-17)10-12-11(13(18)19)4-9-21-12/h4,9H,5-8,10H2,1-3H3,(H,18,19). The third-order valence-electron chi connectivity index (χ3n) is 3.37. The lowest BCUT2D eigenvalue weighted by molar-refractivity contribution is 0.0134. The Morgan fingerprint density at radius 3 is 2.45 bits per heavy atom. The fraction of sp³-hybridized carbons (Fsp3) is 0.600. The molecule has 122 valence electrons. The van der Waals surface area contributed by atoms with Crippen molar-refractivity contribution >= 4 is 12.1 Å². The smallest absolute Gasteiger partial charge is 0.410 e. The molecule has 1 aliphatic rings. The second-order valence-corrected chi connectivity index (χ2v) is 6.31. The molecule has 0 aromatic carbocycles. The second-order valence-electron chi connectivity index (χ2n) is 6.31. The predicted molar refractivity (Wildman–Crippen MR) is 78.8 cm³/mol. The number of carboxylic acids is 1. The normalized spacial score (nSPS) is 16.6. The van der Waals surface area contributed by atoms with E-state index in [9.17, 15) is 9.59 Å². The van der Waals surface area contributed by atoms with Gasteiger partial charge in [0, 0.05) is 26.2 Å². The van der Waals surface area contributed by atoms with Crippen molar-refractivity contribution in [1.82, 2.24) is 9.80 Å². The van der Waals surface area contributed by atoms with Crippen molar-refractivity contribution in [2.75, 3.05) is 26.2 Å². The topological polar surface area (TPSA) is 83.2 Å². The van der Waals surface area contributed by atoms with Crippen LogP contribution in [-0.4, -0.2) is 58.7 Å². The van der Waals surface area contributed by atoms with Gasteiger partial charge in [0.25, 0.3) is 0 Å². The summed E-state index contributed by atoms with van der Waals surface area (Å²) in [7, 11) is 0. The van der Waals surface area contributed by atoms with Crippen molar-refractivity contribution in [1.29, 1.82) is 0 Å². The molecule has 0 atom stereocenters. The van der Waals surface area contributed by atoms with E-state index < -0.39 is 11.6 Å². The van der Waals surface area contributed by atoms with Gasteiger partial charge in [0.15, 0.2) is 0 Å². The van der Waals surface area contributed by atoms with Crippen LogP contribution in [0.1, 0.15) is 36.9 Å². The predicted octanol–water partition coefficient (Wildman–Crippen LogP) is 2.03. The number of carbonyl (C=O) groups excluding carboxylic acids is 1. The summed E-state index contributed by atoms with van der Waals surface area (Å²) in [6.07, 6.45) is 1.08. The van der Waals surface area contributed by atoms with Crippen LogP contribution in [0, 0.1) is 0 Å². The molecule has 1 amide bonds. The Morgan fingerprint density at radius 1 is 1.27 bits per heavy atom. The van der Waals surface area contributed by atoms with Crippen LogP contribution in [0.15, 0.2) is 16.7 Å². The number of nitrogens with zero attached hydrogens (tertiary/aromatic N) is 2. The molecule has 0 radical (unpaired) electrons. The Hall–Kier alpha value is -2.02. The minimum atomic E-state index is -0.990. The first-order chi connectivity index (χ1) is 10.3. The van der Waals surface area contributed by atoms with Gasteiger partial charge >= 0.3 is 12.1 Å². The maximum atomic E-state index is 12.0. The second kappa shape index (κ2) is 6.39. The number of carbonyl (C=O) groups is 2. The third-order valence-corrected chi connectivity index (χ3v) is 3.37. The third kappa shape index (κ3) is 4.24. The minimum absolute atomic E-state index is 0.189. The number of rotatable bonds is 3. The zero-order valence-electron chi connectivity index (χ0n) is 13.2. The molecule has 1 fully saturated rings. The molecular weight excluding hydrogens is 288 g/mol. The van der Waals surface area contributed by atoms with Gasteiger partial charge in [-0.2, -0.15) is 0 Å². The summed E-state index contributed by atoms with van der Waals surface area (Å²) in [4.78, 5) is 26.8. The van der Waals surface area contributed by atoms with Crippen LogP contribution in [0.3, 0.4) is 0 Å². The van der Waals surface area contributed by atoms with Gasteiger partial charge in [-0.3, -0.25) is 4.90 Å². The number of furan rings is 1. The van der Waals surface area contributed by atoms with E-state index in [4.69, 9.17) is 14.3 Å². The average Bonchev–Trinajstić information content (AvgIpc) is 2.86. The largest absolute Gasteiger partial charge is 0.478 e. The SMILES string of the molecule is CC(C)(C)OC(=O)N1CCN(Cc2occc2C(=O)O)CC1. The number of carboxylic acid groups (broad SMARTS) is 1. The van der Waals surface area contributed by atoms with Crippen LogP contribution in [0.4, 0.5) is 4.79 Å². The summed E-state index contributed by atoms with van der Waals surface area (Å²) in [5.74, 6) is -0.547. The lowest BCUT2D eigenvalue weighted by Crippen LogP contribution is -2.49. The van der Waals surface area contributed by atoms with Gasteiger partial charge in [-0.25, -0.2) is 9.59 Å². The van der Waals surface area contributed by atoms with Gasteiger partial charge in [-0.15, -0.1) is 0 Å². The van der Waals surface area contributed by atoms with Crippen LogP contribution in [0.25, 0.3) is 0 Å². The maximum absolute atomic E-state index is 12.0. The number of hydrogen-bond donors (Lipinski definition) is 1. The molecule has 1 aromatic heterocycles. The van der Waals surface area contributed by atoms with Crippen molar-refractivity contribution in [2.24, 2.45) is 0 Å². The molecule has 2 rings (SSSR count). The molecule has 7 nitrogen and oxygen atoms in total. The van der Waals surface area contributed by atoms with Gasteiger partial charge in [-0.05, 0) is 26.8 Å². The lowest BCUT2D eigenvalue weighted by Gasteiger charge is -2.35. The van der Waals surface area contributed by atoms with Crippen LogP contribution < -0.4 is 0 Å². The van der Waals surface area contributed by atoms with E-state index >= 15 is 0 Å². The quantitative estimate of drug-likeness (QED) is 0.919. The Bertz CT molecular complexity index is 538. The first-order valence-corrected chi connectivity index (χ1v) is 7.26. The van der Waals surface area contributed by atoms with Crippen molar-refractivity contribution in [2.45, 2.75) is 32.9 Å². The van der Waals surface area contributed by atoms with Crippen molar-refractivity contribution in [3.05, 3.63) is 23.7 Å². The van der Waals surface area contributed by atoms with Gasteiger partial charge in [0.1, 0.15) is 16.9 Å².